The highest BCUT2D eigenvalue weighted by atomic mass is 16.5. The van der Waals surface area contributed by atoms with Crippen LogP contribution in [0, 0.1) is 17.8 Å². The van der Waals surface area contributed by atoms with Crippen molar-refractivity contribution in [3.05, 3.63) is 18.0 Å². The lowest BCUT2D eigenvalue weighted by Gasteiger charge is -2.29. The molecule has 1 aromatic heterocycles. The molecule has 0 spiro atoms. The van der Waals surface area contributed by atoms with Crippen molar-refractivity contribution < 1.29 is 9.32 Å². The van der Waals surface area contributed by atoms with Gasteiger partial charge in [0, 0.05) is 18.7 Å². The quantitative estimate of drug-likeness (QED) is 0.850. The molecule has 20 heavy (non-hydrogen) atoms. The van der Waals surface area contributed by atoms with Gasteiger partial charge in [-0.3, -0.25) is 4.79 Å². The van der Waals surface area contributed by atoms with Gasteiger partial charge in [0.1, 0.15) is 6.26 Å². The fourth-order valence-corrected chi connectivity index (χ4v) is 4.83. The maximum atomic E-state index is 12.5. The van der Waals surface area contributed by atoms with E-state index in [1.165, 1.54) is 38.4 Å². The van der Waals surface area contributed by atoms with E-state index in [0.717, 1.165) is 37.1 Å². The summed E-state index contributed by atoms with van der Waals surface area (Å²) >= 11 is 0. The lowest BCUT2D eigenvalue weighted by Crippen LogP contribution is -2.37. The van der Waals surface area contributed by atoms with Crippen molar-refractivity contribution in [2.24, 2.45) is 17.8 Å². The smallest absolute Gasteiger partial charge is 0.276 e. The number of nitrogens with zero attached hydrogens (tertiary/aromatic N) is 2. The van der Waals surface area contributed by atoms with Crippen molar-refractivity contribution in [2.45, 2.75) is 51.0 Å². The summed E-state index contributed by atoms with van der Waals surface area (Å²) < 4.78 is 4.81. The number of likely N-dealkylation sites (tertiary alicyclic amines) is 1. The monoisotopic (exact) mass is 274 g/mol. The number of aromatic nitrogens is 1. The highest BCUT2D eigenvalue weighted by Gasteiger charge is 2.42. The van der Waals surface area contributed by atoms with Gasteiger partial charge < -0.3 is 9.42 Å². The van der Waals surface area contributed by atoms with Crippen LogP contribution in [0.1, 0.15) is 55.4 Å². The van der Waals surface area contributed by atoms with Crippen LogP contribution in [0.3, 0.4) is 0 Å². The molecular formula is C16H22N2O2. The van der Waals surface area contributed by atoms with Crippen LogP contribution >= 0.6 is 0 Å². The maximum absolute atomic E-state index is 12.5. The third kappa shape index (κ3) is 2.05. The summed E-state index contributed by atoms with van der Waals surface area (Å²) in [6.07, 6.45) is 10.7. The summed E-state index contributed by atoms with van der Waals surface area (Å²) in [6, 6.07) is 2.11. The summed E-state index contributed by atoms with van der Waals surface area (Å²) in [5.74, 6) is 2.87. The lowest BCUT2D eigenvalue weighted by molar-refractivity contribution is 0.0697. The van der Waals surface area contributed by atoms with Crippen molar-refractivity contribution in [1.29, 1.82) is 0 Å². The van der Waals surface area contributed by atoms with Gasteiger partial charge in [-0.15, -0.1) is 0 Å². The zero-order chi connectivity index (χ0) is 13.5. The first kappa shape index (κ1) is 12.4. The lowest BCUT2D eigenvalue weighted by atomic mass is 9.83. The van der Waals surface area contributed by atoms with Gasteiger partial charge >= 0.3 is 0 Å². The SMILES string of the molecule is O=C(c1ccon1)N1CCC[C@@H]1C[C@H]1C[C@@H]2CC[C@@H]1C2. The second-order valence-corrected chi connectivity index (χ2v) is 6.85. The zero-order valence-corrected chi connectivity index (χ0v) is 11.8. The van der Waals surface area contributed by atoms with Crippen LogP contribution in [0.15, 0.2) is 16.9 Å². The molecule has 1 aromatic rings. The molecule has 4 rings (SSSR count). The third-order valence-electron chi connectivity index (χ3n) is 5.75. The molecule has 2 bridgehead atoms. The predicted octanol–water partition coefficient (Wildman–Crippen LogP) is 3.11. The molecule has 1 aliphatic heterocycles. The Morgan fingerprint density at radius 3 is 3.00 bits per heavy atom. The molecule has 4 heteroatoms. The van der Waals surface area contributed by atoms with Crippen molar-refractivity contribution in [2.75, 3.05) is 6.54 Å². The highest BCUT2D eigenvalue weighted by molar-refractivity contribution is 5.92. The number of fused-ring (bicyclic) bond motifs is 2. The molecule has 1 saturated heterocycles. The first-order valence-corrected chi connectivity index (χ1v) is 8.02. The summed E-state index contributed by atoms with van der Waals surface area (Å²) in [5.41, 5.74) is 0.463. The molecule has 1 amide bonds. The molecular weight excluding hydrogens is 252 g/mol. The van der Waals surface area contributed by atoms with E-state index >= 15 is 0 Å². The molecule has 2 saturated carbocycles. The Bertz CT molecular complexity index is 485. The zero-order valence-electron chi connectivity index (χ0n) is 11.8. The molecule has 4 nitrogen and oxygen atoms in total. The van der Waals surface area contributed by atoms with Gasteiger partial charge in [0.25, 0.3) is 5.91 Å². The van der Waals surface area contributed by atoms with Crippen LogP contribution in [-0.2, 0) is 0 Å². The molecule has 0 N–H and O–H groups in total. The normalized spacial score (nSPS) is 35.9. The first-order chi connectivity index (χ1) is 9.81. The second-order valence-electron chi connectivity index (χ2n) is 6.85. The average Bonchev–Trinajstić information content (AvgIpc) is 3.23. The Labute approximate surface area is 119 Å². The van der Waals surface area contributed by atoms with Crippen LogP contribution in [0.5, 0.6) is 0 Å². The molecule has 0 aromatic carbocycles. The van der Waals surface area contributed by atoms with Crippen LogP contribution < -0.4 is 0 Å². The summed E-state index contributed by atoms with van der Waals surface area (Å²) in [5, 5.41) is 3.80. The van der Waals surface area contributed by atoms with Crippen LogP contribution in [0.4, 0.5) is 0 Å². The fraction of sp³-hybridized carbons (Fsp3) is 0.750. The van der Waals surface area contributed by atoms with Gasteiger partial charge in [0.05, 0.1) is 0 Å². The number of rotatable bonds is 3. The van der Waals surface area contributed by atoms with Crippen LogP contribution in [0.25, 0.3) is 0 Å². The Morgan fingerprint density at radius 2 is 2.30 bits per heavy atom. The van der Waals surface area contributed by atoms with Gasteiger partial charge in [-0.2, -0.15) is 0 Å². The van der Waals surface area contributed by atoms with Crippen molar-refractivity contribution in [3.8, 4) is 0 Å². The minimum Gasteiger partial charge on any atom is -0.364 e. The van der Waals surface area contributed by atoms with E-state index in [1.807, 2.05) is 4.90 Å². The van der Waals surface area contributed by atoms with Crippen molar-refractivity contribution in [3.63, 3.8) is 0 Å². The number of hydrogen-bond donors (Lipinski definition) is 0. The van der Waals surface area contributed by atoms with E-state index in [0.29, 0.717) is 11.7 Å². The average molecular weight is 274 g/mol. The topological polar surface area (TPSA) is 46.3 Å². The van der Waals surface area contributed by atoms with E-state index in [-0.39, 0.29) is 5.91 Å². The molecule has 3 aliphatic rings. The number of carbonyl (C=O) groups is 1. The molecule has 0 unspecified atom stereocenters. The van der Waals surface area contributed by atoms with Crippen molar-refractivity contribution >= 4 is 5.91 Å². The fourth-order valence-electron chi connectivity index (χ4n) is 4.83. The van der Waals surface area contributed by atoms with Gasteiger partial charge in [0.15, 0.2) is 5.69 Å². The molecule has 2 heterocycles. The summed E-state index contributed by atoms with van der Waals surface area (Å²) in [4.78, 5) is 14.5. The van der Waals surface area contributed by atoms with E-state index in [2.05, 4.69) is 5.16 Å². The summed E-state index contributed by atoms with van der Waals surface area (Å²) in [6.45, 7) is 0.886. The summed E-state index contributed by atoms with van der Waals surface area (Å²) in [7, 11) is 0. The minimum atomic E-state index is 0.0596. The van der Waals surface area contributed by atoms with Gasteiger partial charge in [-0.05, 0) is 56.3 Å². The first-order valence-electron chi connectivity index (χ1n) is 8.02. The number of hydrogen-bond acceptors (Lipinski definition) is 3. The van der Waals surface area contributed by atoms with E-state index in [4.69, 9.17) is 4.52 Å². The molecule has 0 radical (unpaired) electrons. The van der Waals surface area contributed by atoms with Crippen LogP contribution in [0.2, 0.25) is 0 Å². The second kappa shape index (κ2) is 4.90. The standard InChI is InChI=1S/C16H22N2O2/c19-16(15-5-7-20-17-15)18-6-1-2-14(18)10-13-9-11-3-4-12(13)8-11/h5,7,11-14H,1-4,6,8-10H2/t11-,12-,13-,14-/m1/s1. The predicted molar refractivity (Wildman–Crippen MR) is 74.1 cm³/mol. The van der Waals surface area contributed by atoms with E-state index in [9.17, 15) is 4.79 Å². The number of carbonyl (C=O) groups excluding carboxylic acids is 1. The highest BCUT2D eigenvalue weighted by Crippen LogP contribution is 2.50. The van der Waals surface area contributed by atoms with Gasteiger partial charge in [-0.1, -0.05) is 11.6 Å². The van der Waals surface area contributed by atoms with Gasteiger partial charge in [0.2, 0.25) is 0 Å². The number of amides is 1. The van der Waals surface area contributed by atoms with Crippen LogP contribution in [-0.4, -0.2) is 28.6 Å². The molecule has 3 fully saturated rings. The maximum Gasteiger partial charge on any atom is 0.276 e. The molecule has 2 aliphatic carbocycles. The van der Waals surface area contributed by atoms with E-state index < -0.39 is 0 Å². The molecule has 108 valence electrons. The largest absolute Gasteiger partial charge is 0.364 e. The Morgan fingerprint density at radius 1 is 1.35 bits per heavy atom. The Kier molecular flexibility index (Phi) is 3.04. The Balaban J connectivity index is 1.43. The van der Waals surface area contributed by atoms with Gasteiger partial charge in [-0.25, -0.2) is 0 Å². The van der Waals surface area contributed by atoms with Crippen molar-refractivity contribution in [1.82, 2.24) is 10.1 Å². The minimum absolute atomic E-state index is 0.0596. The molecule has 4 atom stereocenters. The third-order valence-corrected chi connectivity index (χ3v) is 5.75. The van der Waals surface area contributed by atoms with E-state index in [1.54, 1.807) is 6.07 Å². The Hall–Kier alpha value is -1.32.